The van der Waals surface area contributed by atoms with Crippen molar-refractivity contribution in [3.05, 3.63) is 101 Å². The van der Waals surface area contributed by atoms with Gasteiger partial charge in [-0.15, -0.1) is 0 Å². The van der Waals surface area contributed by atoms with Crippen LogP contribution in [0.3, 0.4) is 0 Å². The van der Waals surface area contributed by atoms with Crippen molar-refractivity contribution in [2.75, 3.05) is 26.3 Å². The lowest BCUT2D eigenvalue weighted by Crippen LogP contribution is -2.37. The van der Waals surface area contributed by atoms with E-state index in [1.165, 1.54) is 5.56 Å². The van der Waals surface area contributed by atoms with E-state index in [4.69, 9.17) is 21.1 Å². The Morgan fingerprint density at radius 3 is 2.31 bits per heavy atom. The summed E-state index contributed by atoms with van der Waals surface area (Å²) in [6.07, 6.45) is 0.855. The van der Waals surface area contributed by atoms with Crippen molar-refractivity contribution in [1.82, 2.24) is 4.90 Å². The third kappa shape index (κ3) is 4.99. The number of para-hydroxylation sites is 1. The summed E-state index contributed by atoms with van der Waals surface area (Å²) in [4.78, 5) is 2.45. The third-order valence-corrected chi connectivity index (χ3v) is 5.78. The standard InChI is InChI=1S/C25H26ClNO2/c26-23-13-7-8-14-24(23)28-20-25(22-11-5-2-6-12-22)15-16-27(17-18-29-25)19-21-9-3-1-4-10-21/h1-14H,15-20H2. The minimum atomic E-state index is -0.494. The Morgan fingerprint density at radius 1 is 0.862 bits per heavy atom. The number of halogens is 1. The fraction of sp³-hybridized carbons (Fsp3) is 0.280. The van der Waals surface area contributed by atoms with Crippen LogP contribution in [0.2, 0.25) is 5.02 Å². The fourth-order valence-electron chi connectivity index (χ4n) is 3.82. The van der Waals surface area contributed by atoms with Gasteiger partial charge in [0.15, 0.2) is 0 Å². The molecule has 3 nitrogen and oxygen atoms in total. The molecule has 0 amide bonds. The first-order valence-corrected chi connectivity index (χ1v) is 10.5. The number of benzene rings is 3. The molecule has 0 radical (unpaired) electrons. The van der Waals surface area contributed by atoms with Crippen LogP contribution in [0.15, 0.2) is 84.9 Å². The summed E-state index contributed by atoms with van der Waals surface area (Å²) >= 11 is 6.30. The van der Waals surface area contributed by atoms with Gasteiger partial charge < -0.3 is 9.47 Å². The summed E-state index contributed by atoms with van der Waals surface area (Å²) in [6.45, 7) is 3.86. The SMILES string of the molecule is Clc1ccccc1OCC1(c2ccccc2)CCN(Cc2ccccc2)CCO1. The quantitative estimate of drug-likeness (QED) is 0.535. The molecule has 0 bridgehead atoms. The normalized spacial score (nSPS) is 20.2. The van der Waals surface area contributed by atoms with E-state index in [0.29, 0.717) is 24.0 Å². The van der Waals surface area contributed by atoms with Crippen molar-refractivity contribution in [2.24, 2.45) is 0 Å². The van der Waals surface area contributed by atoms with Gasteiger partial charge in [0.25, 0.3) is 0 Å². The van der Waals surface area contributed by atoms with E-state index in [0.717, 1.165) is 31.6 Å². The van der Waals surface area contributed by atoms with E-state index in [1.807, 2.05) is 30.3 Å². The number of nitrogens with zero attached hydrogens (tertiary/aromatic N) is 1. The molecule has 0 aliphatic carbocycles. The fourth-order valence-corrected chi connectivity index (χ4v) is 4.01. The Bertz CT molecular complexity index is 903. The summed E-state index contributed by atoms with van der Waals surface area (Å²) in [5.74, 6) is 0.693. The van der Waals surface area contributed by atoms with Crippen molar-refractivity contribution < 1.29 is 9.47 Å². The van der Waals surface area contributed by atoms with E-state index in [2.05, 4.69) is 59.5 Å². The molecular weight excluding hydrogens is 382 g/mol. The second-order valence-corrected chi connectivity index (χ2v) is 7.85. The molecule has 29 heavy (non-hydrogen) atoms. The van der Waals surface area contributed by atoms with E-state index in [1.54, 1.807) is 0 Å². The predicted octanol–water partition coefficient (Wildman–Crippen LogP) is 5.54. The Labute approximate surface area is 177 Å². The number of rotatable bonds is 6. The lowest BCUT2D eigenvalue weighted by molar-refractivity contribution is -0.0726. The zero-order valence-corrected chi connectivity index (χ0v) is 17.2. The molecule has 4 rings (SSSR count). The van der Waals surface area contributed by atoms with Gasteiger partial charge in [-0.05, 0) is 29.7 Å². The molecule has 3 aromatic carbocycles. The highest BCUT2D eigenvalue weighted by Crippen LogP contribution is 2.34. The summed E-state index contributed by atoms with van der Waals surface area (Å²) < 4.78 is 12.7. The molecule has 0 N–H and O–H groups in total. The Kier molecular flexibility index (Phi) is 6.50. The van der Waals surface area contributed by atoms with Crippen LogP contribution in [0.25, 0.3) is 0 Å². The number of hydrogen-bond donors (Lipinski definition) is 0. The van der Waals surface area contributed by atoms with Crippen molar-refractivity contribution in [2.45, 2.75) is 18.6 Å². The molecule has 1 unspecified atom stereocenters. The summed E-state index contributed by atoms with van der Waals surface area (Å²) in [6, 6.07) is 28.6. The van der Waals surface area contributed by atoms with Gasteiger partial charge in [0.05, 0.1) is 11.6 Å². The van der Waals surface area contributed by atoms with Gasteiger partial charge in [-0.2, -0.15) is 0 Å². The largest absolute Gasteiger partial charge is 0.489 e. The first-order valence-electron chi connectivity index (χ1n) is 10.1. The molecule has 3 aromatic rings. The van der Waals surface area contributed by atoms with Crippen LogP contribution >= 0.6 is 11.6 Å². The van der Waals surface area contributed by atoms with Crippen LogP contribution in [0, 0.1) is 0 Å². The summed E-state index contributed by atoms with van der Waals surface area (Å²) in [5.41, 5.74) is 1.98. The Hall–Kier alpha value is -2.33. The van der Waals surface area contributed by atoms with Gasteiger partial charge in [0.2, 0.25) is 0 Å². The predicted molar refractivity (Wildman–Crippen MR) is 117 cm³/mol. The van der Waals surface area contributed by atoms with Gasteiger partial charge >= 0.3 is 0 Å². The molecule has 0 saturated carbocycles. The number of hydrogen-bond acceptors (Lipinski definition) is 3. The summed E-state index contributed by atoms with van der Waals surface area (Å²) in [5, 5.41) is 0.620. The van der Waals surface area contributed by atoms with Crippen LogP contribution in [-0.2, 0) is 16.9 Å². The van der Waals surface area contributed by atoms with Crippen LogP contribution in [0.1, 0.15) is 17.5 Å². The molecule has 150 valence electrons. The monoisotopic (exact) mass is 407 g/mol. The van der Waals surface area contributed by atoms with Gasteiger partial charge in [-0.1, -0.05) is 84.4 Å². The van der Waals surface area contributed by atoms with E-state index in [-0.39, 0.29) is 0 Å². The van der Waals surface area contributed by atoms with E-state index >= 15 is 0 Å². The number of ether oxygens (including phenoxy) is 2. The van der Waals surface area contributed by atoms with Crippen molar-refractivity contribution in [3.63, 3.8) is 0 Å². The maximum Gasteiger partial charge on any atom is 0.138 e. The molecular formula is C25H26ClNO2. The van der Waals surface area contributed by atoms with Gasteiger partial charge in [-0.25, -0.2) is 0 Å². The highest BCUT2D eigenvalue weighted by atomic mass is 35.5. The highest BCUT2D eigenvalue weighted by molar-refractivity contribution is 6.32. The van der Waals surface area contributed by atoms with Crippen molar-refractivity contribution in [3.8, 4) is 5.75 Å². The maximum atomic E-state index is 6.50. The molecule has 1 aliphatic heterocycles. The van der Waals surface area contributed by atoms with E-state index in [9.17, 15) is 0 Å². The molecule has 1 atom stereocenters. The Balaban J connectivity index is 1.52. The maximum absolute atomic E-state index is 6.50. The smallest absolute Gasteiger partial charge is 0.138 e. The molecule has 1 heterocycles. The Morgan fingerprint density at radius 2 is 1.55 bits per heavy atom. The zero-order valence-electron chi connectivity index (χ0n) is 16.5. The highest BCUT2D eigenvalue weighted by Gasteiger charge is 2.37. The zero-order chi connectivity index (χ0) is 19.9. The minimum Gasteiger partial charge on any atom is -0.489 e. The van der Waals surface area contributed by atoms with Crippen molar-refractivity contribution >= 4 is 11.6 Å². The first-order chi connectivity index (χ1) is 14.3. The van der Waals surface area contributed by atoms with Gasteiger partial charge in [-0.3, -0.25) is 4.90 Å². The van der Waals surface area contributed by atoms with Crippen molar-refractivity contribution in [1.29, 1.82) is 0 Å². The van der Waals surface area contributed by atoms with Gasteiger partial charge in [0.1, 0.15) is 18.0 Å². The third-order valence-electron chi connectivity index (χ3n) is 5.46. The first kappa shape index (κ1) is 20.0. The molecule has 4 heteroatoms. The minimum absolute atomic E-state index is 0.430. The molecule has 1 saturated heterocycles. The van der Waals surface area contributed by atoms with Crippen LogP contribution in [0.5, 0.6) is 5.75 Å². The summed E-state index contributed by atoms with van der Waals surface area (Å²) in [7, 11) is 0. The van der Waals surface area contributed by atoms with Gasteiger partial charge in [0, 0.05) is 19.6 Å². The molecule has 1 aliphatic rings. The lowest BCUT2D eigenvalue weighted by Gasteiger charge is -2.33. The van der Waals surface area contributed by atoms with Crippen LogP contribution in [0.4, 0.5) is 0 Å². The average Bonchev–Trinajstić information content (AvgIpc) is 2.98. The van der Waals surface area contributed by atoms with Crippen LogP contribution in [-0.4, -0.2) is 31.2 Å². The average molecular weight is 408 g/mol. The second-order valence-electron chi connectivity index (χ2n) is 7.44. The topological polar surface area (TPSA) is 21.7 Å². The van der Waals surface area contributed by atoms with Crippen LogP contribution < -0.4 is 4.74 Å². The molecule has 0 aromatic heterocycles. The molecule has 1 fully saturated rings. The van der Waals surface area contributed by atoms with E-state index < -0.39 is 5.60 Å². The second kappa shape index (κ2) is 9.45. The lowest BCUT2D eigenvalue weighted by atomic mass is 9.90. The molecule has 0 spiro atoms.